The van der Waals surface area contributed by atoms with Gasteiger partial charge >= 0.3 is 0 Å². The summed E-state index contributed by atoms with van der Waals surface area (Å²) in [6.07, 6.45) is 2.03. The summed E-state index contributed by atoms with van der Waals surface area (Å²) in [5.41, 5.74) is -0.129. The predicted octanol–water partition coefficient (Wildman–Crippen LogP) is 2.37. The number of rotatable bonds is 10. The van der Waals surface area contributed by atoms with Gasteiger partial charge in [0.05, 0.1) is 13.2 Å². The second kappa shape index (κ2) is 8.75. The summed E-state index contributed by atoms with van der Waals surface area (Å²) in [4.78, 5) is 14.6. The van der Waals surface area contributed by atoms with Gasteiger partial charge in [-0.3, -0.25) is 9.69 Å². The van der Waals surface area contributed by atoms with E-state index in [1.54, 1.807) is 0 Å². The molecule has 4 nitrogen and oxygen atoms in total. The van der Waals surface area contributed by atoms with Gasteiger partial charge in [-0.05, 0) is 26.7 Å². The second-order valence-corrected chi connectivity index (χ2v) is 6.18. The minimum atomic E-state index is -0.129. The number of hydrogen-bond donors (Lipinski definition) is 0. The quantitative estimate of drug-likeness (QED) is 0.578. The lowest BCUT2D eigenvalue weighted by atomic mass is 9.89. The number of nitrogens with zero attached hydrogens (tertiary/aromatic N) is 1. The van der Waals surface area contributed by atoms with Crippen LogP contribution in [-0.2, 0) is 14.3 Å². The van der Waals surface area contributed by atoms with E-state index in [0.717, 1.165) is 58.9 Å². The zero-order valence-electron chi connectivity index (χ0n) is 13.6. The molecule has 0 aromatic rings. The van der Waals surface area contributed by atoms with Crippen molar-refractivity contribution in [3.63, 3.8) is 0 Å². The van der Waals surface area contributed by atoms with Crippen molar-refractivity contribution in [3.05, 3.63) is 0 Å². The molecule has 4 heteroatoms. The highest BCUT2D eigenvalue weighted by atomic mass is 16.5. The third kappa shape index (κ3) is 5.51. The van der Waals surface area contributed by atoms with Crippen LogP contribution in [0.1, 0.15) is 40.5 Å². The molecule has 1 unspecified atom stereocenters. The van der Waals surface area contributed by atoms with Gasteiger partial charge in [-0.15, -0.1) is 0 Å². The Bertz CT molecular complexity index is 281. The first-order valence-electron chi connectivity index (χ1n) is 7.93. The van der Waals surface area contributed by atoms with Crippen molar-refractivity contribution in [2.75, 3.05) is 46.1 Å². The summed E-state index contributed by atoms with van der Waals surface area (Å²) < 4.78 is 10.9. The van der Waals surface area contributed by atoms with E-state index in [0.29, 0.717) is 5.78 Å². The predicted molar refractivity (Wildman–Crippen MR) is 80.9 cm³/mol. The summed E-state index contributed by atoms with van der Waals surface area (Å²) in [6.45, 7) is 13.7. The maximum atomic E-state index is 12.3. The molecule has 1 rings (SSSR count). The van der Waals surface area contributed by atoms with Gasteiger partial charge in [0.1, 0.15) is 5.78 Å². The van der Waals surface area contributed by atoms with E-state index in [1.165, 1.54) is 0 Å². The molecular weight excluding hydrogens is 254 g/mol. The molecule has 0 aliphatic heterocycles. The molecule has 1 atom stereocenters. The zero-order valence-corrected chi connectivity index (χ0v) is 13.6. The Balaban J connectivity index is 2.44. The largest absolute Gasteiger partial charge is 0.380 e. The van der Waals surface area contributed by atoms with Crippen LogP contribution in [-0.4, -0.2) is 56.7 Å². The van der Waals surface area contributed by atoms with Crippen LogP contribution in [0.5, 0.6) is 0 Å². The molecule has 1 aliphatic carbocycles. The Labute approximate surface area is 123 Å². The first-order valence-corrected chi connectivity index (χ1v) is 7.93. The molecular formula is C16H31NO3. The van der Waals surface area contributed by atoms with Crippen LogP contribution in [0.4, 0.5) is 0 Å². The molecule has 0 radical (unpaired) electrons. The fourth-order valence-electron chi connectivity index (χ4n) is 2.80. The topological polar surface area (TPSA) is 38.8 Å². The van der Waals surface area contributed by atoms with E-state index >= 15 is 0 Å². The lowest BCUT2D eigenvalue weighted by molar-refractivity contribution is -0.128. The number of carbonyl (C=O) groups excluding carboxylic acids is 1. The lowest BCUT2D eigenvalue weighted by Gasteiger charge is -2.25. The van der Waals surface area contributed by atoms with Crippen molar-refractivity contribution in [1.82, 2.24) is 4.90 Å². The van der Waals surface area contributed by atoms with Gasteiger partial charge in [0, 0.05) is 44.2 Å². The number of ketones is 1. The first kappa shape index (κ1) is 17.6. The Morgan fingerprint density at radius 1 is 1.15 bits per heavy atom. The number of carbonyl (C=O) groups is 1. The maximum Gasteiger partial charge on any atom is 0.142 e. The zero-order chi connectivity index (χ0) is 15.0. The Morgan fingerprint density at radius 2 is 1.70 bits per heavy atom. The summed E-state index contributed by atoms with van der Waals surface area (Å²) >= 11 is 0. The van der Waals surface area contributed by atoms with Crippen LogP contribution in [0.3, 0.4) is 0 Å². The van der Waals surface area contributed by atoms with Crippen LogP contribution in [0.25, 0.3) is 0 Å². The highest BCUT2D eigenvalue weighted by molar-refractivity contribution is 5.88. The van der Waals surface area contributed by atoms with Gasteiger partial charge < -0.3 is 9.47 Å². The fraction of sp³-hybridized carbons (Fsp3) is 0.938. The standard InChI is InChI=1S/C16H31NO3/c1-5-19-11-9-17(10-12-20-6-2)13-14-7-8-16(3,4)15(14)18/h14H,5-13H2,1-4H3. The lowest BCUT2D eigenvalue weighted by Crippen LogP contribution is -2.37. The van der Waals surface area contributed by atoms with E-state index in [9.17, 15) is 4.79 Å². The molecule has 0 bridgehead atoms. The minimum Gasteiger partial charge on any atom is -0.380 e. The number of hydrogen-bond acceptors (Lipinski definition) is 4. The SMILES string of the molecule is CCOCCN(CCOCC)CC1CCC(C)(C)C1=O. The van der Waals surface area contributed by atoms with Crippen molar-refractivity contribution in [1.29, 1.82) is 0 Å². The van der Waals surface area contributed by atoms with Crippen LogP contribution in [0.2, 0.25) is 0 Å². The van der Waals surface area contributed by atoms with Crippen molar-refractivity contribution in [2.24, 2.45) is 11.3 Å². The second-order valence-electron chi connectivity index (χ2n) is 6.18. The summed E-state index contributed by atoms with van der Waals surface area (Å²) in [6, 6.07) is 0. The van der Waals surface area contributed by atoms with E-state index in [4.69, 9.17) is 9.47 Å². The molecule has 1 aliphatic rings. The van der Waals surface area contributed by atoms with Gasteiger partial charge in [0.15, 0.2) is 0 Å². The highest BCUT2D eigenvalue weighted by Gasteiger charge is 2.40. The van der Waals surface area contributed by atoms with E-state index in [1.807, 2.05) is 13.8 Å². The molecule has 0 saturated heterocycles. The molecule has 1 fully saturated rings. The molecule has 20 heavy (non-hydrogen) atoms. The minimum absolute atomic E-state index is 0.129. The monoisotopic (exact) mass is 285 g/mol. The average Bonchev–Trinajstić information content (AvgIpc) is 2.66. The Hall–Kier alpha value is -0.450. The molecule has 0 heterocycles. The van der Waals surface area contributed by atoms with Crippen LogP contribution < -0.4 is 0 Å². The smallest absolute Gasteiger partial charge is 0.142 e. The van der Waals surface area contributed by atoms with Gasteiger partial charge in [-0.1, -0.05) is 13.8 Å². The van der Waals surface area contributed by atoms with Gasteiger partial charge in [0.2, 0.25) is 0 Å². The molecule has 118 valence electrons. The Kier molecular flexibility index (Phi) is 7.70. The van der Waals surface area contributed by atoms with Crippen molar-refractivity contribution in [3.8, 4) is 0 Å². The third-order valence-electron chi connectivity index (χ3n) is 4.15. The van der Waals surface area contributed by atoms with Crippen molar-refractivity contribution in [2.45, 2.75) is 40.5 Å². The van der Waals surface area contributed by atoms with Crippen LogP contribution in [0, 0.1) is 11.3 Å². The summed E-state index contributed by atoms with van der Waals surface area (Å²) in [5.74, 6) is 0.614. The normalized spacial score (nSPS) is 21.9. The summed E-state index contributed by atoms with van der Waals surface area (Å²) in [7, 11) is 0. The molecule has 0 amide bonds. The van der Waals surface area contributed by atoms with Crippen LogP contribution >= 0.6 is 0 Å². The number of Topliss-reactive ketones (excluding diaryl/α,β-unsaturated/α-hetero) is 1. The van der Waals surface area contributed by atoms with Gasteiger partial charge in [-0.2, -0.15) is 0 Å². The van der Waals surface area contributed by atoms with E-state index in [2.05, 4.69) is 18.7 Å². The fourth-order valence-corrected chi connectivity index (χ4v) is 2.80. The summed E-state index contributed by atoms with van der Waals surface area (Å²) in [5, 5.41) is 0. The third-order valence-corrected chi connectivity index (χ3v) is 4.15. The van der Waals surface area contributed by atoms with Crippen molar-refractivity contribution >= 4 is 5.78 Å². The molecule has 0 spiro atoms. The molecule has 1 saturated carbocycles. The number of ether oxygens (including phenoxy) is 2. The van der Waals surface area contributed by atoms with E-state index < -0.39 is 0 Å². The van der Waals surface area contributed by atoms with Gasteiger partial charge in [0.25, 0.3) is 0 Å². The highest BCUT2D eigenvalue weighted by Crippen LogP contribution is 2.37. The van der Waals surface area contributed by atoms with Gasteiger partial charge in [-0.25, -0.2) is 0 Å². The maximum absolute atomic E-state index is 12.3. The van der Waals surface area contributed by atoms with E-state index in [-0.39, 0.29) is 11.3 Å². The van der Waals surface area contributed by atoms with Crippen LogP contribution in [0.15, 0.2) is 0 Å². The Morgan fingerprint density at radius 3 is 2.10 bits per heavy atom. The molecule has 0 aromatic heterocycles. The van der Waals surface area contributed by atoms with Crippen molar-refractivity contribution < 1.29 is 14.3 Å². The molecule has 0 N–H and O–H groups in total. The average molecular weight is 285 g/mol. The molecule has 0 aromatic carbocycles. The first-order chi connectivity index (χ1) is 9.51.